The minimum atomic E-state index is -0.218. The first-order chi connectivity index (χ1) is 7.02. The van der Waals surface area contributed by atoms with E-state index in [1.54, 1.807) is 0 Å². The Morgan fingerprint density at radius 1 is 1.33 bits per heavy atom. The molecular formula is C13H27NO. The fraction of sp³-hybridized carbons (Fsp3) is 0.846. The molecule has 15 heavy (non-hydrogen) atoms. The maximum Gasteiger partial charge on any atom is 0.0670 e. The van der Waals surface area contributed by atoms with Crippen LogP contribution in [-0.2, 0) is 0 Å². The van der Waals surface area contributed by atoms with Crippen molar-refractivity contribution in [1.29, 1.82) is 0 Å². The van der Waals surface area contributed by atoms with Gasteiger partial charge in [0.25, 0.3) is 0 Å². The molecule has 1 N–H and O–H groups in total. The van der Waals surface area contributed by atoms with Gasteiger partial charge in [-0.3, -0.25) is 4.90 Å². The van der Waals surface area contributed by atoms with Gasteiger partial charge in [0.2, 0.25) is 0 Å². The molecule has 0 saturated heterocycles. The van der Waals surface area contributed by atoms with E-state index in [1.165, 1.54) is 0 Å². The van der Waals surface area contributed by atoms with Crippen LogP contribution in [-0.4, -0.2) is 35.2 Å². The lowest BCUT2D eigenvalue weighted by molar-refractivity contribution is 0.0764. The number of likely N-dealkylation sites (N-methyl/N-ethyl adjacent to an activating group) is 1. The van der Waals surface area contributed by atoms with E-state index in [0.29, 0.717) is 12.0 Å². The molecule has 0 radical (unpaired) electrons. The van der Waals surface area contributed by atoms with Crippen LogP contribution < -0.4 is 0 Å². The summed E-state index contributed by atoms with van der Waals surface area (Å²) in [6, 6.07) is 0.536. The molecule has 0 spiro atoms. The van der Waals surface area contributed by atoms with Gasteiger partial charge in [-0.25, -0.2) is 0 Å². The van der Waals surface area contributed by atoms with E-state index in [2.05, 4.69) is 39.2 Å². The molecule has 0 aliphatic heterocycles. The molecule has 0 saturated carbocycles. The number of aliphatic hydroxyl groups is 1. The second kappa shape index (κ2) is 7.89. The third kappa shape index (κ3) is 5.95. The standard InChI is InChI=1S/C13H27NO/c1-6-8-9-13(15)10-14(7-2)12(5)11(3)4/h6,11-13,15H,1,7-10H2,2-5H3. The number of nitrogens with zero attached hydrogens (tertiary/aromatic N) is 1. The molecular weight excluding hydrogens is 186 g/mol. The van der Waals surface area contributed by atoms with E-state index in [0.717, 1.165) is 25.9 Å². The summed E-state index contributed by atoms with van der Waals surface area (Å²) in [6.07, 6.45) is 3.37. The highest BCUT2D eigenvalue weighted by atomic mass is 16.3. The van der Waals surface area contributed by atoms with Crippen LogP contribution in [0.1, 0.15) is 40.5 Å². The Bertz CT molecular complexity index is 168. The molecule has 0 heterocycles. The Morgan fingerprint density at radius 3 is 2.33 bits per heavy atom. The summed E-state index contributed by atoms with van der Waals surface area (Å²) in [5.41, 5.74) is 0. The van der Waals surface area contributed by atoms with Crippen molar-refractivity contribution in [2.75, 3.05) is 13.1 Å². The van der Waals surface area contributed by atoms with Crippen LogP contribution in [0.25, 0.3) is 0 Å². The van der Waals surface area contributed by atoms with Crippen LogP contribution in [0.15, 0.2) is 12.7 Å². The number of rotatable bonds is 8. The van der Waals surface area contributed by atoms with Crippen LogP contribution >= 0.6 is 0 Å². The molecule has 0 fully saturated rings. The quantitative estimate of drug-likeness (QED) is 0.627. The Hall–Kier alpha value is -0.340. The first kappa shape index (κ1) is 14.7. The fourth-order valence-corrected chi connectivity index (χ4v) is 1.68. The number of hydrogen-bond acceptors (Lipinski definition) is 2. The average Bonchev–Trinajstić information content (AvgIpc) is 2.21. The molecule has 2 atom stereocenters. The van der Waals surface area contributed by atoms with Crippen molar-refractivity contribution in [3.05, 3.63) is 12.7 Å². The summed E-state index contributed by atoms with van der Waals surface area (Å²) in [5.74, 6) is 0.636. The van der Waals surface area contributed by atoms with Crippen molar-refractivity contribution in [2.45, 2.75) is 52.7 Å². The maximum absolute atomic E-state index is 9.82. The number of allylic oxidation sites excluding steroid dienone is 1. The molecule has 90 valence electrons. The zero-order chi connectivity index (χ0) is 11.8. The van der Waals surface area contributed by atoms with E-state index < -0.39 is 0 Å². The van der Waals surface area contributed by atoms with Crippen molar-refractivity contribution in [2.24, 2.45) is 5.92 Å². The predicted molar refractivity (Wildman–Crippen MR) is 67.0 cm³/mol. The van der Waals surface area contributed by atoms with E-state index in [9.17, 15) is 5.11 Å². The first-order valence-electron chi connectivity index (χ1n) is 6.05. The Morgan fingerprint density at radius 2 is 1.93 bits per heavy atom. The molecule has 0 aromatic rings. The van der Waals surface area contributed by atoms with Crippen molar-refractivity contribution < 1.29 is 5.11 Å². The molecule has 0 aliphatic carbocycles. The highest BCUT2D eigenvalue weighted by Gasteiger charge is 2.18. The molecule has 2 heteroatoms. The van der Waals surface area contributed by atoms with Crippen LogP contribution in [0.5, 0.6) is 0 Å². The second-order valence-corrected chi connectivity index (χ2v) is 4.59. The van der Waals surface area contributed by atoms with Gasteiger partial charge in [0.05, 0.1) is 6.10 Å². The number of aliphatic hydroxyl groups excluding tert-OH is 1. The minimum absolute atomic E-state index is 0.218. The Labute approximate surface area is 95.0 Å². The van der Waals surface area contributed by atoms with Crippen LogP contribution in [0.4, 0.5) is 0 Å². The van der Waals surface area contributed by atoms with Gasteiger partial charge in [-0.15, -0.1) is 6.58 Å². The molecule has 0 aromatic heterocycles. The molecule has 0 bridgehead atoms. The van der Waals surface area contributed by atoms with E-state index in [1.807, 2.05) is 6.08 Å². The summed E-state index contributed by atoms with van der Waals surface area (Å²) in [4.78, 5) is 2.35. The third-order valence-corrected chi connectivity index (χ3v) is 3.10. The first-order valence-corrected chi connectivity index (χ1v) is 6.05. The summed E-state index contributed by atoms with van der Waals surface area (Å²) >= 11 is 0. The molecule has 0 amide bonds. The van der Waals surface area contributed by atoms with Gasteiger partial charge in [0, 0.05) is 12.6 Å². The minimum Gasteiger partial charge on any atom is -0.392 e. The van der Waals surface area contributed by atoms with Crippen molar-refractivity contribution >= 4 is 0 Å². The highest BCUT2D eigenvalue weighted by Crippen LogP contribution is 2.11. The third-order valence-electron chi connectivity index (χ3n) is 3.10. The summed E-state index contributed by atoms with van der Waals surface area (Å²) < 4.78 is 0. The van der Waals surface area contributed by atoms with Crippen molar-refractivity contribution in [1.82, 2.24) is 4.90 Å². The van der Waals surface area contributed by atoms with Crippen LogP contribution in [0, 0.1) is 5.92 Å². The van der Waals surface area contributed by atoms with Gasteiger partial charge >= 0.3 is 0 Å². The summed E-state index contributed by atoms with van der Waals surface area (Å²) in [7, 11) is 0. The lowest BCUT2D eigenvalue weighted by Gasteiger charge is -2.32. The van der Waals surface area contributed by atoms with Crippen LogP contribution in [0.2, 0.25) is 0 Å². The van der Waals surface area contributed by atoms with E-state index in [-0.39, 0.29) is 6.10 Å². The van der Waals surface area contributed by atoms with Gasteiger partial charge in [0.15, 0.2) is 0 Å². The van der Waals surface area contributed by atoms with E-state index >= 15 is 0 Å². The normalized spacial score (nSPS) is 15.7. The zero-order valence-electron chi connectivity index (χ0n) is 10.7. The smallest absolute Gasteiger partial charge is 0.0670 e. The SMILES string of the molecule is C=CCCC(O)CN(CC)C(C)C(C)C. The molecule has 0 aliphatic rings. The van der Waals surface area contributed by atoms with Gasteiger partial charge in [0.1, 0.15) is 0 Å². The van der Waals surface area contributed by atoms with E-state index in [4.69, 9.17) is 0 Å². The second-order valence-electron chi connectivity index (χ2n) is 4.59. The topological polar surface area (TPSA) is 23.5 Å². The van der Waals surface area contributed by atoms with Gasteiger partial charge in [-0.1, -0.05) is 26.8 Å². The Balaban J connectivity index is 4.02. The van der Waals surface area contributed by atoms with Crippen molar-refractivity contribution in [3.8, 4) is 0 Å². The van der Waals surface area contributed by atoms with Gasteiger partial charge < -0.3 is 5.11 Å². The highest BCUT2D eigenvalue weighted by molar-refractivity contribution is 4.75. The lowest BCUT2D eigenvalue weighted by atomic mass is 10.0. The van der Waals surface area contributed by atoms with Crippen LogP contribution in [0.3, 0.4) is 0 Å². The van der Waals surface area contributed by atoms with Gasteiger partial charge in [-0.05, 0) is 32.2 Å². The zero-order valence-corrected chi connectivity index (χ0v) is 10.7. The fourth-order valence-electron chi connectivity index (χ4n) is 1.68. The largest absolute Gasteiger partial charge is 0.392 e. The molecule has 2 unspecified atom stereocenters. The molecule has 2 nitrogen and oxygen atoms in total. The van der Waals surface area contributed by atoms with Gasteiger partial charge in [-0.2, -0.15) is 0 Å². The monoisotopic (exact) mass is 213 g/mol. The summed E-state index contributed by atoms with van der Waals surface area (Å²) in [6.45, 7) is 14.3. The average molecular weight is 213 g/mol. The number of hydrogen-bond donors (Lipinski definition) is 1. The Kier molecular flexibility index (Phi) is 7.71. The van der Waals surface area contributed by atoms with Crippen molar-refractivity contribution in [3.63, 3.8) is 0 Å². The lowest BCUT2D eigenvalue weighted by Crippen LogP contribution is -2.41. The maximum atomic E-state index is 9.82. The predicted octanol–water partition coefficient (Wildman–Crippen LogP) is 2.68. The summed E-state index contributed by atoms with van der Waals surface area (Å²) in [5, 5.41) is 9.82. The molecule has 0 aromatic carbocycles. The molecule has 0 rings (SSSR count).